The van der Waals surface area contributed by atoms with Gasteiger partial charge in [-0.3, -0.25) is 20.1 Å². The third kappa shape index (κ3) is 14.6. The SMILES string of the molecule is CC(C)(F)C(=O)N1CCN(c2cc(Cl)cc3[nH]ncc23)CC1.CN(C)S(=O)(=O)N1CCN(c2cc(Cl)cc3[nH]ncc23)CC1.CN(C1CCN(c2cc(Cl)cc3[nH]ncc23)CC1)S(C)(=O)=O.CS(=O)(=O)N1CCN(c2cccc3c(N)noc23)CC1. The molecule has 466 valence electrons. The monoisotopic (exact) mass is 1310 g/mol. The third-order valence-electron chi connectivity index (χ3n) is 15.7. The number of rotatable bonds is 10. The van der Waals surface area contributed by atoms with Gasteiger partial charge in [-0.05, 0) is 75.2 Å². The van der Waals surface area contributed by atoms with Gasteiger partial charge < -0.3 is 34.8 Å². The van der Waals surface area contributed by atoms with Crippen molar-refractivity contribution >= 4 is 143 Å². The van der Waals surface area contributed by atoms with E-state index in [1.807, 2.05) is 54.6 Å². The second-order valence-corrected chi connectivity index (χ2v) is 29.5. The number of nitrogens with zero attached hydrogens (tertiary/aromatic N) is 13. The molecule has 32 heteroatoms. The Morgan fingerprint density at radius 1 is 0.605 bits per heavy atom. The average molecular weight is 1310 g/mol. The quantitative estimate of drug-likeness (QED) is 0.116. The highest BCUT2D eigenvalue weighted by molar-refractivity contribution is 7.88. The van der Waals surface area contributed by atoms with Crippen molar-refractivity contribution < 1.29 is 39.0 Å². The number of aromatic nitrogens is 7. The maximum atomic E-state index is 13.8. The van der Waals surface area contributed by atoms with E-state index in [1.165, 1.54) is 43.6 Å². The van der Waals surface area contributed by atoms with Gasteiger partial charge in [-0.2, -0.15) is 36.6 Å². The minimum Gasteiger partial charge on any atom is -0.380 e. The minimum atomic E-state index is -3.35. The molecule has 0 atom stereocenters. The van der Waals surface area contributed by atoms with Crippen LogP contribution in [0, 0.1) is 0 Å². The Kier molecular flexibility index (Phi) is 19.6. The van der Waals surface area contributed by atoms with Crippen molar-refractivity contribution in [3.8, 4) is 0 Å². The van der Waals surface area contributed by atoms with Crippen LogP contribution in [0.5, 0.6) is 0 Å². The van der Waals surface area contributed by atoms with Crippen LogP contribution in [-0.4, -0.2) is 226 Å². The molecule has 0 aliphatic carbocycles. The molecule has 12 rings (SSSR count). The molecule has 0 radical (unpaired) electrons. The van der Waals surface area contributed by atoms with E-state index in [0.717, 1.165) is 86.8 Å². The number of anilines is 5. The van der Waals surface area contributed by atoms with E-state index in [0.29, 0.717) is 105 Å². The summed E-state index contributed by atoms with van der Waals surface area (Å²) < 4.78 is 95.4. The lowest BCUT2D eigenvalue weighted by molar-refractivity contribution is -0.142. The van der Waals surface area contributed by atoms with Crippen LogP contribution in [0.3, 0.4) is 0 Å². The number of carbonyl (C=O) groups is 1. The fourth-order valence-corrected chi connectivity index (χ4v) is 14.2. The fraction of sp³-hybridized carbons (Fsp3) is 0.463. The summed E-state index contributed by atoms with van der Waals surface area (Å²) in [4.78, 5) is 22.2. The van der Waals surface area contributed by atoms with Crippen LogP contribution in [0.2, 0.25) is 15.1 Å². The maximum absolute atomic E-state index is 13.8. The van der Waals surface area contributed by atoms with E-state index >= 15 is 0 Å². The zero-order valence-electron chi connectivity index (χ0n) is 48.7. The highest BCUT2D eigenvalue weighted by atomic mass is 35.5. The summed E-state index contributed by atoms with van der Waals surface area (Å²) in [6, 6.07) is 17.0. The number of piperazine rings is 3. The standard InChI is InChI=1S/C15H18ClFN4O.C14H19ClN4O2S.C13H18ClN5O2S.C12H16N4O3S/c1-15(2,17)14(22)21-5-3-20(4-6-21)13-8-10(16)7-12-11(13)9-18-19-12;1-18(22(2,20)21)11-3-5-19(6-4-11)14-8-10(15)7-13-12(14)9-16-17-13;1-17(2)22(20,21)19-5-3-18(4-6-19)13-8-10(14)7-12-11(13)9-15-16-12;1-20(17,18)16-7-5-15(6-8-16)10-4-2-3-9-11(10)19-14-12(9)13/h7-9H,3-6H2,1-2H3,(H,18,19);7-9,11H,3-6H2,1-2H3,(H,16,17);7-9H,3-6H2,1-2H3,(H,15,16);2-4H,5-8H2,1H3,(H2,13,14). The number of amides is 1. The lowest BCUT2D eigenvalue weighted by atomic mass is 10.0. The van der Waals surface area contributed by atoms with Gasteiger partial charge in [0.15, 0.2) is 17.1 Å². The van der Waals surface area contributed by atoms with Crippen molar-refractivity contribution in [2.45, 2.75) is 38.4 Å². The Hall–Kier alpha value is -6.28. The Morgan fingerprint density at radius 2 is 1.01 bits per heavy atom. The lowest BCUT2D eigenvalue weighted by Gasteiger charge is -2.38. The molecule has 4 aromatic carbocycles. The highest BCUT2D eigenvalue weighted by Gasteiger charge is 2.35. The predicted octanol–water partition coefficient (Wildman–Crippen LogP) is 6.33. The summed E-state index contributed by atoms with van der Waals surface area (Å²) in [5, 5.41) is 30.5. The number of sulfonamides is 2. The molecule has 8 heterocycles. The summed E-state index contributed by atoms with van der Waals surface area (Å²) in [6.07, 6.45) is 9.43. The molecule has 25 nitrogen and oxygen atoms in total. The number of halogens is 4. The summed E-state index contributed by atoms with van der Waals surface area (Å²) in [7, 11) is -4.85. The van der Waals surface area contributed by atoms with Crippen LogP contribution in [0.4, 0.5) is 33.0 Å². The van der Waals surface area contributed by atoms with Crippen LogP contribution in [0.1, 0.15) is 26.7 Å². The van der Waals surface area contributed by atoms with Crippen molar-refractivity contribution in [1.82, 2.24) is 57.9 Å². The van der Waals surface area contributed by atoms with Gasteiger partial charge in [-0.1, -0.05) is 46.0 Å². The van der Waals surface area contributed by atoms with Crippen molar-refractivity contribution in [2.75, 3.05) is 151 Å². The van der Waals surface area contributed by atoms with E-state index in [4.69, 9.17) is 45.1 Å². The summed E-state index contributed by atoms with van der Waals surface area (Å²) in [5.74, 6) is -0.0803. The first-order valence-electron chi connectivity index (χ1n) is 27.6. The largest absolute Gasteiger partial charge is 0.380 e. The van der Waals surface area contributed by atoms with Gasteiger partial charge in [0, 0.05) is 167 Å². The number of aromatic amines is 3. The lowest BCUT2D eigenvalue weighted by Crippen LogP contribution is -2.53. The topological polar surface area (TPSA) is 287 Å². The van der Waals surface area contributed by atoms with Gasteiger partial charge in [0.2, 0.25) is 20.0 Å². The van der Waals surface area contributed by atoms with Crippen LogP contribution < -0.4 is 25.3 Å². The number of nitrogens with two attached hydrogens (primary N) is 1. The number of H-pyrrole nitrogens is 3. The molecular weight excluding hydrogens is 1240 g/mol. The van der Waals surface area contributed by atoms with Crippen LogP contribution in [0.15, 0.2) is 77.7 Å². The van der Waals surface area contributed by atoms with Gasteiger partial charge in [0.25, 0.3) is 16.1 Å². The van der Waals surface area contributed by atoms with E-state index in [-0.39, 0.29) is 6.04 Å². The fourth-order valence-electron chi connectivity index (χ4n) is 10.9. The first-order chi connectivity index (χ1) is 40.6. The van der Waals surface area contributed by atoms with Gasteiger partial charge in [0.05, 0.1) is 58.7 Å². The zero-order valence-corrected chi connectivity index (χ0v) is 53.4. The van der Waals surface area contributed by atoms with Crippen molar-refractivity contribution in [3.63, 3.8) is 0 Å². The Labute approximate surface area is 514 Å². The molecule has 86 heavy (non-hydrogen) atoms. The predicted molar refractivity (Wildman–Crippen MR) is 339 cm³/mol. The molecule has 4 aromatic heterocycles. The second-order valence-electron chi connectivity index (χ2n) is 22.1. The van der Waals surface area contributed by atoms with Gasteiger partial charge in [-0.15, -0.1) is 0 Å². The highest BCUT2D eigenvalue weighted by Crippen LogP contribution is 2.35. The van der Waals surface area contributed by atoms with Crippen LogP contribution in [0.25, 0.3) is 43.7 Å². The Morgan fingerprint density at radius 3 is 1.42 bits per heavy atom. The van der Waals surface area contributed by atoms with E-state index < -0.39 is 41.8 Å². The summed E-state index contributed by atoms with van der Waals surface area (Å²) in [5.41, 5.74) is 11.2. The first kappa shape index (κ1) is 64.2. The summed E-state index contributed by atoms with van der Waals surface area (Å²) in [6.45, 7) is 10.8. The number of para-hydroxylation sites is 1. The third-order valence-corrected chi connectivity index (χ3v) is 20.9. The normalized spacial score (nSPS) is 17.3. The maximum Gasteiger partial charge on any atom is 0.281 e. The van der Waals surface area contributed by atoms with Crippen molar-refractivity contribution in [1.29, 1.82) is 0 Å². The number of piperidine rings is 1. The number of nitrogens with one attached hydrogen (secondary N) is 3. The smallest absolute Gasteiger partial charge is 0.281 e. The average Bonchev–Trinajstić information content (AvgIpc) is 2.34. The van der Waals surface area contributed by atoms with Crippen molar-refractivity contribution in [3.05, 3.63) is 88.3 Å². The Balaban J connectivity index is 0.000000137. The number of benzene rings is 4. The van der Waals surface area contributed by atoms with Gasteiger partial charge in [-0.25, -0.2) is 25.5 Å². The molecular formula is C54H71Cl3FN17O8S3. The minimum absolute atomic E-state index is 0.0604. The number of alkyl halides is 1. The van der Waals surface area contributed by atoms with Crippen LogP contribution >= 0.6 is 34.8 Å². The molecule has 4 aliphatic rings. The number of carbonyl (C=O) groups excluding carboxylic acids is 1. The first-order valence-corrected chi connectivity index (χ1v) is 33.9. The van der Waals surface area contributed by atoms with Crippen LogP contribution in [-0.2, 0) is 35.1 Å². The number of hydrogen-bond acceptors (Lipinski definition) is 17. The number of fused-ring (bicyclic) bond motifs is 4. The molecule has 0 bridgehead atoms. The summed E-state index contributed by atoms with van der Waals surface area (Å²) >= 11 is 18.5. The molecule has 4 aliphatic heterocycles. The Bertz CT molecular complexity index is 4040. The molecule has 4 fully saturated rings. The van der Waals surface area contributed by atoms with Crippen molar-refractivity contribution in [2.24, 2.45) is 0 Å². The second kappa shape index (κ2) is 26.2. The van der Waals surface area contributed by atoms with Gasteiger partial charge in [0.1, 0.15) is 0 Å². The molecule has 4 saturated heterocycles. The van der Waals surface area contributed by atoms with E-state index in [9.17, 15) is 34.4 Å². The van der Waals surface area contributed by atoms with E-state index in [2.05, 4.69) is 55.3 Å². The molecule has 0 unspecified atom stereocenters. The molecule has 0 saturated carbocycles. The number of hydrogen-bond donors (Lipinski definition) is 4. The van der Waals surface area contributed by atoms with Gasteiger partial charge >= 0.3 is 0 Å². The molecule has 1 amide bonds. The number of nitrogen functional groups attached to an aromatic ring is 1. The molecule has 5 N–H and O–H groups in total. The van der Waals surface area contributed by atoms with E-state index in [1.54, 1.807) is 44.6 Å². The molecule has 0 spiro atoms. The zero-order chi connectivity index (χ0) is 62.0. The molecule has 8 aromatic rings.